The number of fused-ring (bicyclic) bond motifs is 1. The van der Waals surface area contributed by atoms with Gasteiger partial charge >= 0.3 is 0 Å². The Labute approximate surface area is 102 Å². The number of nitrogens with one attached hydrogen (secondary N) is 1. The Morgan fingerprint density at radius 3 is 2.82 bits per heavy atom. The van der Waals surface area contributed by atoms with Crippen LogP contribution in [0.2, 0.25) is 0 Å². The highest BCUT2D eigenvalue weighted by Crippen LogP contribution is 2.32. The number of aromatic amines is 1. The van der Waals surface area contributed by atoms with Gasteiger partial charge in [-0.25, -0.2) is 0 Å². The minimum absolute atomic E-state index is 0.0758. The van der Waals surface area contributed by atoms with E-state index in [0.717, 1.165) is 10.9 Å². The van der Waals surface area contributed by atoms with Crippen LogP contribution in [0.15, 0.2) is 40.9 Å². The number of oxazole rings is 1. The van der Waals surface area contributed by atoms with E-state index in [1.54, 1.807) is 6.20 Å². The normalized spacial score (nSPS) is 10.8. The highest BCUT2D eigenvalue weighted by molar-refractivity contribution is 7.71. The van der Waals surface area contributed by atoms with E-state index in [4.69, 9.17) is 16.6 Å². The summed E-state index contributed by atoms with van der Waals surface area (Å²) in [6.07, 6.45) is 1.70. The fourth-order valence-corrected chi connectivity index (χ4v) is 1.97. The van der Waals surface area contributed by atoms with Crippen LogP contribution in [0.4, 0.5) is 0 Å². The van der Waals surface area contributed by atoms with Crippen LogP contribution < -0.4 is 0 Å². The molecule has 0 atom stereocenters. The molecule has 1 aromatic carbocycles. The molecule has 0 amide bonds. The Kier molecular flexibility index (Phi) is 2.19. The first-order valence-corrected chi connectivity index (χ1v) is 5.43. The lowest BCUT2D eigenvalue weighted by Crippen LogP contribution is -1.82. The monoisotopic (exact) mass is 244 g/mol. The van der Waals surface area contributed by atoms with Gasteiger partial charge in [0.25, 0.3) is 4.84 Å². The van der Waals surface area contributed by atoms with Crippen LogP contribution in [0.25, 0.3) is 22.2 Å². The summed E-state index contributed by atoms with van der Waals surface area (Å²) in [5.74, 6) is 0.243. The molecule has 5 heteroatoms. The molecule has 0 radical (unpaired) electrons. The van der Waals surface area contributed by atoms with E-state index in [2.05, 4.69) is 9.97 Å². The van der Waals surface area contributed by atoms with Crippen molar-refractivity contribution >= 4 is 23.1 Å². The van der Waals surface area contributed by atoms with E-state index in [1.165, 1.54) is 0 Å². The first-order chi connectivity index (χ1) is 8.25. The van der Waals surface area contributed by atoms with Crippen LogP contribution in [-0.4, -0.2) is 15.1 Å². The molecule has 2 heterocycles. The van der Waals surface area contributed by atoms with E-state index in [9.17, 15) is 5.11 Å². The number of aromatic hydroxyl groups is 1. The van der Waals surface area contributed by atoms with Gasteiger partial charge in [-0.05, 0) is 24.4 Å². The molecule has 4 nitrogen and oxygen atoms in total. The fraction of sp³-hybridized carbons (Fsp3) is 0. The van der Waals surface area contributed by atoms with E-state index < -0.39 is 0 Å². The summed E-state index contributed by atoms with van der Waals surface area (Å²) in [4.78, 5) is 6.98. The van der Waals surface area contributed by atoms with Crippen LogP contribution in [0.3, 0.4) is 0 Å². The van der Waals surface area contributed by atoms with Gasteiger partial charge in [-0.3, -0.25) is 9.97 Å². The largest absolute Gasteiger partial charge is 0.492 e. The lowest BCUT2D eigenvalue weighted by Gasteiger charge is -2.02. The number of hydrogen-bond donors (Lipinski definition) is 2. The summed E-state index contributed by atoms with van der Waals surface area (Å²) in [7, 11) is 0. The van der Waals surface area contributed by atoms with Gasteiger partial charge in [0.05, 0.1) is 5.52 Å². The summed E-state index contributed by atoms with van der Waals surface area (Å²) in [6.45, 7) is 0. The molecule has 0 saturated carbocycles. The predicted octanol–water partition coefficient (Wildman–Crippen LogP) is 3.26. The van der Waals surface area contributed by atoms with E-state index >= 15 is 0 Å². The molecule has 0 saturated heterocycles. The first kappa shape index (κ1) is 10.0. The molecule has 0 aliphatic carbocycles. The Morgan fingerprint density at radius 2 is 2.06 bits per heavy atom. The summed E-state index contributed by atoms with van der Waals surface area (Å²) in [6, 6.07) is 9.47. The second-order valence-electron chi connectivity index (χ2n) is 3.57. The van der Waals surface area contributed by atoms with Crippen molar-refractivity contribution in [2.75, 3.05) is 0 Å². The van der Waals surface area contributed by atoms with Crippen molar-refractivity contribution in [3.05, 3.63) is 41.4 Å². The second-order valence-corrected chi connectivity index (χ2v) is 3.94. The van der Waals surface area contributed by atoms with E-state index in [-0.39, 0.29) is 10.7 Å². The van der Waals surface area contributed by atoms with Crippen LogP contribution in [0.5, 0.6) is 5.88 Å². The van der Waals surface area contributed by atoms with Gasteiger partial charge in [-0.2, -0.15) is 0 Å². The molecule has 0 unspecified atom stereocenters. The van der Waals surface area contributed by atoms with Crippen LogP contribution in [0.1, 0.15) is 0 Å². The summed E-state index contributed by atoms with van der Waals surface area (Å²) in [5, 5.41) is 10.7. The van der Waals surface area contributed by atoms with Crippen molar-refractivity contribution in [3.63, 3.8) is 0 Å². The molecule has 0 fully saturated rings. The number of aromatic nitrogens is 2. The number of H-pyrrole nitrogens is 1. The van der Waals surface area contributed by atoms with Crippen molar-refractivity contribution in [2.45, 2.75) is 0 Å². The van der Waals surface area contributed by atoms with E-state index in [1.807, 2.05) is 30.3 Å². The van der Waals surface area contributed by atoms with Gasteiger partial charge in [0.2, 0.25) is 5.88 Å². The Balaban J connectivity index is 2.38. The van der Waals surface area contributed by atoms with Gasteiger partial charge in [-0.15, -0.1) is 0 Å². The molecule has 3 aromatic rings. The zero-order chi connectivity index (χ0) is 11.8. The fourth-order valence-electron chi connectivity index (χ4n) is 1.79. The lowest BCUT2D eigenvalue weighted by molar-refractivity contribution is 0.453. The van der Waals surface area contributed by atoms with Crippen LogP contribution in [0, 0.1) is 4.84 Å². The van der Waals surface area contributed by atoms with Gasteiger partial charge in [0, 0.05) is 17.1 Å². The molecule has 0 aliphatic rings. The van der Waals surface area contributed by atoms with Gasteiger partial charge in [0.15, 0.2) is 5.76 Å². The highest BCUT2D eigenvalue weighted by atomic mass is 32.1. The number of pyridine rings is 1. The minimum Gasteiger partial charge on any atom is -0.492 e. The van der Waals surface area contributed by atoms with Gasteiger partial charge < -0.3 is 9.52 Å². The van der Waals surface area contributed by atoms with Crippen LogP contribution in [-0.2, 0) is 0 Å². The standard InChI is InChI=1S/C12H8N2O2S/c15-11-10(16-12(17)14-11)8-5-1-3-7-4-2-6-13-9(7)8/h1-6,15H,(H,14,17). The Morgan fingerprint density at radius 1 is 1.24 bits per heavy atom. The molecular formula is C12H8N2O2S. The molecule has 0 spiro atoms. The molecule has 17 heavy (non-hydrogen) atoms. The van der Waals surface area contributed by atoms with Crippen molar-refractivity contribution in [1.29, 1.82) is 0 Å². The zero-order valence-electron chi connectivity index (χ0n) is 8.68. The molecule has 0 aliphatic heterocycles. The summed E-state index contributed by atoms with van der Waals surface area (Å²) >= 11 is 4.84. The third-order valence-electron chi connectivity index (χ3n) is 2.51. The average Bonchev–Trinajstić information content (AvgIpc) is 2.68. The molecule has 84 valence electrons. The number of para-hydroxylation sites is 1. The van der Waals surface area contributed by atoms with Gasteiger partial charge in [-0.1, -0.05) is 18.2 Å². The molecule has 2 N–H and O–H groups in total. The summed E-state index contributed by atoms with van der Waals surface area (Å²) < 4.78 is 5.28. The van der Waals surface area contributed by atoms with Crippen molar-refractivity contribution in [3.8, 4) is 17.2 Å². The lowest BCUT2D eigenvalue weighted by atomic mass is 10.1. The number of nitrogens with zero attached hydrogens (tertiary/aromatic N) is 1. The first-order valence-electron chi connectivity index (χ1n) is 5.02. The molecule has 3 rings (SSSR count). The maximum absolute atomic E-state index is 9.70. The number of hydrogen-bond acceptors (Lipinski definition) is 4. The minimum atomic E-state index is -0.0758. The maximum atomic E-state index is 9.70. The van der Waals surface area contributed by atoms with Crippen molar-refractivity contribution in [2.24, 2.45) is 0 Å². The second kappa shape index (κ2) is 3.71. The SMILES string of the molecule is Oc1[nH]c(=S)oc1-c1cccc2cccnc12. The number of benzene rings is 1. The topological polar surface area (TPSA) is 62.0 Å². The average molecular weight is 244 g/mol. The highest BCUT2D eigenvalue weighted by Gasteiger charge is 2.13. The Bertz CT molecular complexity index is 740. The summed E-state index contributed by atoms with van der Waals surface area (Å²) in [5.41, 5.74) is 1.48. The quantitative estimate of drug-likeness (QED) is 0.645. The smallest absolute Gasteiger partial charge is 0.269 e. The van der Waals surface area contributed by atoms with Crippen molar-refractivity contribution < 1.29 is 9.52 Å². The number of rotatable bonds is 1. The zero-order valence-corrected chi connectivity index (χ0v) is 9.49. The third kappa shape index (κ3) is 1.60. The third-order valence-corrected chi connectivity index (χ3v) is 2.69. The van der Waals surface area contributed by atoms with Crippen molar-refractivity contribution in [1.82, 2.24) is 9.97 Å². The molecular weight excluding hydrogens is 236 g/mol. The molecule has 0 bridgehead atoms. The Hall–Kier alpha value is -2.14. The molecule has 2 aromatic heterocycles. The predicted molar refractivity (Wildman–Crippen MR) is 66.3 cm³/mol. The van der Waals surface area contributed by atoms with Gasteiger partial charge in [0.1, 0.15) is 0 Å². The maximum Gasteiger partial charge on any atom is 0.269 e. The van der Waals surface area contributed by atoms with Crippen LogP contribution >= 0.6 is 12.2 Å². The van der Waals surface area contributed by atoms with E-state index in [0.29, 0.717) is 11.3 Å².